The number of amides is 2. The maximum Gasteiger partial charge on any atom is 0.344 e. The van der Waals surface area contributed by atoms with Crippen molar-refractivity contribution in [2.75, 3.05) is 25.6 Å². The lowest BCUT2D eigenvalue weighted by Crippen LogP contribution is -2.24. The summed E-state index contributed by atoms with van der Waals surface area (Å²) in [4.78, 5) is 35.3. The second-order valence-corrected chi connectivity index (χ2v) is 5.86. The van der Waals surface area contributed by atoms with Crippen molar-refractivity contribution in [2.45, 2.75) is 13.8 Å². The van der Waals surface area contributed by atoms with Gasteiger partial charge in [0.25, 0.3) is 11.8 Å². The number of aryl methyl sites for hydroxylation is 1. The molecule has 0 aromatic heterocycles. The van der Waals surface area contributed by atoms with Gasteiger partial charge < -0.3 is 20.1 Å². The van der Waals surface area contributed by atoms with Gasteiger partial charge in [0.2, 0.25) is 0 Å². The van der Waals surface area contributed by atoms with E-state index >= 15 is 0 Å². The van der Waals surface area contributed by atoms with Gasteiger partial charge in [-0.2, -0.15) is 0 Å². The van der Waals surface area contributed by atoms with Crippen LogP contribution in [0.2, 0.25) is 0 Å². The minimum Gasteiger partial charge on any atom is -0.482 e. The molecule has 7 heteroatoms. The lowest BCUT2D eigenvalue weighted by atomic mass is 10.1. The number of carbonyl (C=O) groups is 3. The second kappa shape index (κ2) is 9.38. The van der Waals surface area contributed by atoms with Gasteiger partial charge in [0.15, 0.2) is 13.2 Å². The van der Waals surface area contributed by atoms with Crippen LogP contribution in [0.25, 0.3) is 0 Å². The zero-order chi connectivity index (χ0) is 19.8. The molecule has 2 aromatic carbocycles. The van der Waals surface area contributed by atoms with Gasteiger partial charge in [0.05, 0.1) is 0 Å². The number of ether oxygens (including phenoxy) is 2. The molecule has 2 amide bonds. The first kappa shape index (κ1) is 20.0. The highest BCUT2D eigenvalue weighted by Crippen LogP contribution is 2.20. The Balaban J connectivity index is 1.80. The van der Waals surface area contributed by atoms with Crippen LogP contribution in [0.15, 0.2) is 42.5 Å². The summed E-state index contributed by atoms with van der Waals surface area (Å²) < 4.78 is 10.3. The summed E-state index contributed by atoms with van der Waals surface area (Å²) in [6.45, 7) is 3.11. The number of carbonyl (C=O) groups excluding carboxylic acids is 3. The summed E-state index contributed by atoms with van der Waals surface area (Å²) >= 11 is 0. The average molecular weight is 370 g/mol. The average Bonchev–Trinajstić information content (AvgIpc) is 2.67. The minimum atomic E-state index is -0.648. The van der Waals surface area contributed by atoms with E-state index in [1.807, 2.05) is 26.0 Å². The molecule has 0 saturated carbocycles. The lowest BCUT2D eigenvalue weighted by Gasteiger charge is -2.11. The number of anilines is 1. The third-order valence-electron chi connectivity index (χ3n) is 3.90. The number of benzene rings is 2. The molecular formula is C20H22N2O5. The fraction of sp³-hybridized carbons (Fsp3) is 0.250. The number of hydrogen-bond acceptors (Lipinski definition) is 5. The monoisotopic (exact) mass is 370 g/mol. The molecular weight excluding hydrogens is 348 g/mol. The predicted molar refractivity (Wildman–Crippen MR) is 101 cm³/mol. The minimum absolute atomic E-state index is 0.263. The molecule has 142 valence electrons. The maximum atomic E-state index is 11.9. The zero-order valence-electron chi connectivity index (χ0n) is 15.5. The second-order valence-electron chi connectivity index (χ2n) is 5.86. The van der Waals surface area contributed by atoms with Gasteiger partial charge in [-0.3, -0.25) is 9.59 Å². The molecule has 0 fully saturated rings. The Labute approximate surface area is 157 Å². The molecule has 0 aliphatic carbocycles. The quantitative estimate of drug-likeness (QED) is 0.729. The highest BCUT2D eigenvalue weighted by Gasteiger charge is 2.11. The van der Waals surface area contributed by atoms with Crippen molar-refractivity contribution in [1.82, 2.24) is 5.32 Å². The fourth-order valence-electron chi connectivity index (χ4n) is 2.28. The number of hydrogen-bond donors (Lipinski definition) is 2. The van der Waals surface area contributed by atoms with Crippen LogP contribution < -0.4 is 15.4 Å². The lowest BCUT2D eigenvalue weighted by molar-refractivity contribution is -0.149. The molecule has 0 saturated heterocycles. The van der Waals surface area contributed by atoms with Gasteiger partial charge in [0.1, 0.15) is 5.75 Å². The van der Waals surface area contributed by atoms with E-state index in [9.17, 15) is 14.4 Å². The van der Waals surface area contributed by atoms with E-state index in [1.54, 1.807) is 24.3 Å². The normalized spacial score (nSPS) is 10.0. The summed E-state index contributed by atoms with van der Waals surface area (Å²) in [6, 6.07) is 12.0. The molecule has 27 heavy (non-hydrogen) atoms. The van der Waals surface area contributed by atoms with Crippen molar-refractivity contribution in [3.63, 3.8) is 0 Å². The first-order valence-corrected chi connectivity index (χ1v) is 8.37. The molecule has 7 nitrogen and oxygen atoms in total. The molecule has 2 N–H and O–H groups in total. The topological polar surface area (TPSA) is 93.7 Å². The van der Waals surface area contributed by atoms with Crippen LogP contribution in [-0.2, 0) is 14.3 Å². The van der Waals surface area contributed by atoms with Crippen LogP contribution in [0.4, 0.5) is 5.69 Å². The molecule has 0 radical (unpaired) electrons. The Hall–Kier alpha value is -3.35. The van der Waals surface area contributed by atoms with Crippen molar-refractivity contribution >= 4 is 23.5 Å². The summed E-state index contributed by atoms with van der Waals surface area (Å²) in [7, 11) is 1.52. The Kier molecular flexibility index (Phi) is 6.93. The third kappa shape index (κ3) is 5.85. The van der Waals surface area contributed by atoms with E-state index < -0.39 is 18.5 Å². The van der Waals surface area contributed by atoms with Gasteiger partial charge in [-0.05, 0) is 49.2 Å². The largest absolute Gasteiger partial charge is 0.482 e. The van der Waals surface area contributed by atoms with E-state index in [1.165, 1.54) is 13.1 Å². The Morgan fingerprint density at radius 3 is 2.48 bits per heavy atom. The third-order valence-corrected chi connectivity index (χ3v) is 3.90. The van der Waals surface area contributed by atoms with E-state index in [-0.39, 0.29) is 12.5 Å². The van der Waals surface area contributed by atoms with Crippen molar-refractivity contribution in [3.05, 3.63) is 59.2 Å². The van der Waals surface area contributed by atoms with E-state index in [0.29, 0.717) is 17.0 Å². The SMILES string of the molecule is CNC(=O)c1cccc(NC(=O)COC(=O)COc2cccc(C)c2C)c1. The molecule has 2 rings (SSSR count). The van der Waals surface area contributed by atoms with Crippen LogP contribution in [-0.4, -0.2) is 38.0 Å². The summed E-state index contributed by atoms with van der Waals surface area (Å²) in [5, 5.41) is 5.07. The first-order valence-electron chi connectivity index (χ1n) is 8.37. The predicted octanol–water partition coefficient (Wildman–Crippen LogP) is 2.22. The molecule has 0 spiro atoms. The van der Waals surface area contributed by atoms with E-state index in [2.05, 4.69) is 10.6 Å². The zero-order valence-corrected chi connectivity index (χ0v) is 15.5. The van der Waals surface area contributed by atoms with Gasteiger partial charge >= 0.3 is 5.97 Å². The van der Waals surface area contributed by atoms with E-state index in [0.717, 1.165) is 11.1 Å². The van der Waals surface area contributed by atoms with Crippen molar-refractivity contribution < 1.29 is 23.9 Å². The number of rotatable bonds is 7. The number of esters is 1. The molecule has 0 aliphatic rings. The molecule has 2 aromatic rings. The first-order chi connectivity index (χ1) is 12.9. The van der Waals surface area contributed by atoms with E-state index in [4.69, 9.17) is 9.47 Å². The van der Waals surface area contributed by atoms with Crippen molar-refractivity contribution in [3.8, 4) is 5.75 Å². The van der Waals surface area contributed by atoms with Gasteiger partial charge in [-0.25, -0.2) is 4.79 Å². The highest BCUT2D eigenvalue weighted by atomic mass is 16.6. The van der Waals surface area contributed by atoms with Gasteiger partial charge in [-0.15, -0.1) is 0 Å². The van der Waals surface area contributed by atoms with Crippen LogP contribution >= 0.6 is 0 Å². The molecule has 0 aliphatic heterocycles. The Morgan fingerprint density at radius 1 is 1.00 bits per heavy atom. The van der Waals surface area contributed by atoms with Crippen LogP contribution in [0.5, 0.6) is 5.75 Å². The molecule has 0 bridgehead atoms. The fourth-order valence-corrected chi connectivity index (χ4v) is 2.28. The highest BCUT2D eigenvalue weighted by molar-refractivity contribution is 5.97. The van der Waals surface area contributed by atoms with Crippen LogP contribution in [0.1, 0.15) is 21.5 Å². The van der Waals surface area contributed by atoms with Crippen molar-refractivity contribution in [1.29, 1.82) is 0 Å². The van der Waals surface area contributed by atoms with Gasteiger partial charge in [-0.1, -0.05) is 18.2 Å². The summed E-state index contributed by atoms with van der Waals surface area (Å²) in [5.41, 5.74) is 2.84. The summed E-state index contributed by atoms with van der Waals surface area (Å²) in [6.07, 6.45) is 0. The van der Waals surface area contributed by atoms with Gasteiger partial charge in [0, 0.05) is 18.3 Å². The molecule has 0 atom stereocenters. The van der Waals surface area contributed by atoms with Crippen LogP contribution in [0.3, 0.4) is 0 Å². The maximum absolute atomic E-state index is 11.9. The Morgan fingerprint density at radius 2 is 1.74 bits per heavy atom. The number of nitrogens with one attached hydrogen (secondary N) is 2. The van der Waals surface area contributed by atoms with Crippen LogP contribution in [0, 0.1) is 13.8 Å². The Bertz CT molecular complexity index is 848. The molecule has 0 heterocycles. The summed E-state index contributed by atoms with van der Waals surface area (Å²) in [5.74, 6) is -0.821. The van der Waals surface area contributed by atoms with Crippen molar-refractivity contribution in [2.24, 2.45) is 0 Å². The smallest absolute Gasteiger partial charge is 0.344 e. The standard InChI is InChI=1S/C20H22N2O5/c1-13-6-4-9-17(14(13)2)26-12-19(24)27-11-18(23)22-16-8-5-7-15(10-16)20(25)21-3/h4-10H,11-12H2,1-3H3,(H,21,25)(H,22,23). The molecule has 0 unspecified atom stereocenters.